The van der Waals surface area contributed by atoms with Crippen molar-refractivity contribution in [1.82, 2.24) is 4.90 Å². The van der Waals surface area contributed by atoms with Crippen molar-refractivity contribution in [3.05, 3.63) is 0 Å². The highest BCUT2D eigenvalue weighted by molar-refractivity contribution is 5.85. The molecule has 0 bridgehead atoms. The summed E-state index contributed by atoms with van der Waals surface area (Å²) in [5, 5.41) is 0. The zero-order valence-electron chi connectivity index (χ0n) is 11.8. The van der Waals surface area contributed by atoms with Crippen LogP contribution in [-0.2, 0) is 9.53 Å². The number of rotatable bonds is 4. The van der Waals surface area contributed by atoms with Gasteiger partial charge in [-0.3, -0.25) is 4.79 Å². The van der Waals surface area contributed by atoms with E-state index in [0.29, 0.717) is 12.6 Å². The Balaban J connectivity index is 0.00000180. The summed E-state index contributed by atoms with van der Waals surface area (Å²) in [6.07, 6.45) is 7.76. The number of hydrogen-bond donors (Lipinski definition) is 1. The SMILES string of the molecule is CCN(C(=O)[C@@H]1CC[C@H](CN)O1)C1CCCCC1.Cl. The van der Waals surface area contributed by atoms with Gasteiger partial charge in [-0.05, 0) is 32.6 Å². The Morgan fingerprint density at radius 3 is 2.42 bits per heavy atom. The molecule has 1 aliphatic heterocycles. The first-order valence-corrected chi connectivity index (χ1v) is 7.42. The van der Waals surface area contributed by atoms with Gasteiger partial charge in [0, 0.05) is 19.1 Å². The third-order valence-electron chi connectivity index (χ3n) is 4.29. The van der Waals surface area contributed by atoms with Crippen molar-refractivity contribution in [2.24, 2.45) is 5.73 Å². The molecular weight excluding hydrogens is 264 g/mol. The van der Waals surface area contributed by atoms with Crippen LogP contribution in [0.25, 0.3) is 0 Å². The van der Waals surface area contributed by atoms with Crippen LogP contribution in [0.5, 0.6) is 0 Å². The molecule has 5 heteroatoms. The molecule has 0 radical (unpaired) electrons. The van der Waals surface area contributed by atoms with Crippen molar-refractivity contribution >= 4 is 18.3 Å². The van der Waals surface area contributed by atoms with E-state index in [4.69, 9.17) is 10.5 Å². The minimum absolute atomic E-state index is 0. The first kappa shape index (κ1) is 16.7. The second kappa shape index (κ2) is 8.08. The van der Waals surface area contributed by atoms with Crippen molar-refractivity contribution in [3.63, 3.8) is 0 Å². The van der Waals surface area contributed by atoms with Crippen molar-refractivity contribution in [3.8, 4) is 0 Å². The number of nitrogens with two attached hydrogens (primary N) is 1. The van der Waals surface area contributed by atoms with E-state index < -0.39 is 0 Å². The molecule has 0 unspecified atom stereocenters. The van der Waals surface area contributed by atoms with Crippen LogP contribution in [0.4, 0.5) is 0 Å². The molecule has 112 valence electrons. The number of likely N-dealkylation sites (N-methyl/N-ethyl adjacent to an activating group) is 1. The van der Waals surface area contributed by atoms with E-state index in [9.17, 15) is 4.79 Å². The highest BCUT2D eigenvalue weighted by atomic mass is 35.5. The Morgan fingerprint density at radius 2 is 1.89 bits per heavy atom. The van der Waals surface area contributed by atoms with E-state index in [0.717, 1.165) is 32.2 Å². The summed E-state index contributed by atoms with van der Waals surface area (Å²) in [7, 11) is 0. The molecule has 0 aromatic heterocycles. The monoisotopic (exact) mass is 290 g/mol. The lowest BCUT2D eigenvalue weighted by Crippen LogP contribution is -2.46. The summed E-state index contributed by atoms with van der Waals surface area (Å²) >= 11 is 0. The number of carbonyl (C=O) groups is 1. The number of carbonyl (C=O) groups excluding carboxylic acids is 1. The first-order valence-electron chi connectivity index (χ1n) is 7.42. The fraction of sp³-hybridized carbons (Fsp3) is 0.929. The summed E-state index contributed by atoms with van der Waals surface area (Å²) in [4.78, 5) is 14.5. The molecule has 2 atom stereocenters. The van der Waals surface area contributed by atoms with E-state index in [1.54, 1.807) is 0 Å². The lowest BCUT2D eigenvalue weighted by molar-refractivity contribution is -0.145. The van der Waals surface area contributed by atoms with Gasteiger partial charge in [0.25, 0.3) is 5.91 Å². The predicted molar refractivity (Wildman–Crippen MR) is 78.5 cm³/mol. The molecule has 2 N–H and O–H groups in total. The molecule has 0 aromatic rings. The normalized spacial score (nSPS) is 27.9. The fourth-order valence-electron chi connectivity index (χ4n) is 3.23. The molecule has 1 aliphatic carbocycles. The molecule has 0 spiro atoms. The van der Waals surface area contributed by atoms with Gasteiger partial charge in [0.1, 0.15) is 6.10 Å². The summed E-state index contributed by atoms with van der Waals surface area (Å²) in [6, 6.07) is 0.441. The Kier molecular flexibility index (Phi) is 7.11. The van der Waals surface area contributed by atoms with Crippen LogP contribution in [0.1, 0.15) is 51.9 Å². The topological polar surface area (TPSA) is 55.6 Å². The Hall–Kier alpha value is -0.320. The molecule has 1 heterocycles. The van der Waals surface area contributed by atoms with Crippen LogP contribution in [0.3, 0.4) is 0 Å². The van der Waals surface area contributed by atoms with E-state index >= 15 is 0 Å². The van der Waals surface area contributed by atoms with E-state index in [1.165, 1.54) is 19.3 Å². The van der Waals surface area contributed by atoms with Gasteiger partial charge in [0.05, 0.1) is 6.10 Å². The number of halogens is 1. The number of hydrogen-bond acceptors (Lipinski definition) is 3. The number of nitrogens with zero attached hydrogens (tertiary/aromatic N) is 1. The van der Waals surface area contributed by atoms with E-state index in [-0.39, 0.29) is 30.5 Å². The fourth-order valence-corrected chi connectivity index (χ4v) is 3.23. The van der Waals surface area contributed by atoms with Gasteiger partial charge in [-0.1, -0.05) is 19.3 Å². The van der Waals surface area contributed by atoms with Crippen molar-refractivity contribution in [1.29, 1.82) is 0 Å². The first-order chi connectivity index (χ1) is 8.76. The third kappa shape index (κ3) is 4.07. The Labute approximate surface area is 122 Å². The maximum Gasteiger partial charge on any atom is 0.251 e. The van der Waals surface area contributed by atoms with Crippen LogP contribution < -0.4 is 5.73 Å². The molecular formula is C14H27ClN2O2. The summed E-state index contributed by atoms with van der Waals surface area (Å²) in [6.45, 7) is 3.40. The second-order valence-electron chi connectivity index (χ2n) is 5.48. The molecule has 2 fully saturated rings. The largest absolute Gasteiger partial charge is 0.364 e. The average molecular weight is 291 g/mol. The predicted octanol–water partition coefficient (Wildman–Crippen LogP) is 2.10. The molecule has 1 amide bonds. The standard InChI is InChI=1S/C14H26N2O2.ClH/c1-2-16(11-6-4-3-5-7-11)14(17)13-9-8-12(10-15)18-13;/h11-13H,2-10,15H2,1H3;1H/t12-,13+;/m1./s1. The second-order valence-corrected chi connectivity index (χ2v) is 5.48. The van der Waals surface area contributed by atoms with Crippen LogP contribution in [0.2, 0.25) is 0 Å². The lowest BCUT2D eigenvalue weighted by atomic mass is 9.93. The van der Waals surface area contributed by atoms with Crippen LogP contribution in [0.15, 0.2) is 0 Å². The molecule has 0 aromatic carbocycles. The maximum absolute atomic E-state index is 12.5. The number of ether oxygens (including phenoxy) is 1. The van der Waals surface area contributed by atoms with E-state index in [1.807, 2.05) is 4.90 Å². The van der Waals surface area contributed by atoms with Crippen LogP contribution in [0, 0.1) is 0 Å². The lowest BCUT2D eigenvalue weighted by Gasteiger charge is -2.35. The summed E-state index contributed by atoms with van der Waals surface area (Å²) in [5.41, 5.74) is 5.60. The van der Waals surface area contributed by atoms with Gasteiger partial charge in [-0.2, -0.15) is 0 Å². The van der Waals surface area contributed by atoms with Gasteiger partial charge in [0.2, 0.25) is 0 Å². The Bertz CT molecular complexity index is 283. The zero-order valence-corrected chi connectivity index (χ0v) is 12.7. The molecule has 4 nitrogen and oxygen atoms in total. The average Bonchev–Trinajstić information content (AvgIpc) is 2.89. The number of amides is 1. The quantitative estimate of drug-likeness (QED) is 0.863. The molecule has 19 heavy (non-hydrogen) atoms. The van der Waals surface area contributed by atoms with Gasteiger partial charge in [-0.15, -0.1) is 12.4 Å². The molecule has 2 rings (SSSR count). The minimum Gasteiger partial charge on any atom is -0.364 e. The van der Waals surface area contributed by atoms with Crippen LogP contribution in [-0.4, -0.2) is 42.1 Å². The molecule has 1 saturated heterocycles. The molecule has 1 saturated carbocycles. The van der Waals surface area contributed by atoms with Gasteiger partial charge >= 0.3 is 0 Å². The highest BCUT2D eigenvalue weighted by Gasteiger charge is 2.35. The summed E-state index contributed by atoms with van der Waals surface area (Å²) < 4.78 is 5.73. The molecule has 2 aliphatic rings. The van der Waals surface area contributed by atoms with Gasteiger partial charge < -0.3 is 15.4 Å². The third-order valence-corrected chi connectivity index (χ3v) is 4.29. The zero-order chi connectivity index (χ0) is 13.0. The van der Waals surface area contributed by atoms with Crippen LogP contribution >= 0.6 is 12.4 Å². The van der Waals surface area contributed by atoms with Crippen molar-refractivity contribution in [2.45, 2.75) is 70.1 Å². The Morgan fingerprint density at radius 1 is 1.21 bits per heavy atom. The minimum atomic E-state index is -0.236. The van der Waals surface area contributed by atoms with Crippen molar-refractivity contribution in [2.75, 3.05) is 13.1 Å². The van der Waals surface area contributed by atoms with Gasteiger partial charge in [0.15, 0.2) is 0 Å². The smallest absolute Gasteiger partial charge is 0.251 e. The highest BCUT2D eigenvalue weighted by Crippen LogP contribution is 2.26. The van der Waals surface area contributed by atoms with Crippen molar-refractivity contribution < 1.29 is 9.53 Å². The summed E-state index contributed by atoms with van der Waals surface area (Å²) in [5.74, 6) is 0.195. The van der Waals surface area contributed by atoms with E-state index in [2.05, 4.69) is 6.92 Å². The van der Waals surface area contributed by atoms with Gasteiger partial charge in [-0.25, -0.2) is 0 Å². The maximum atomic E-state index is 12.5.